The van der Waals surface area contributed by atoms with E-state index in [0.29, 0.717) is 6.04 Å². The molecule has 0 saturated heterocycles. The fraction of sp³-hybridized carbons (Fsp3) is 0.692. The molecule has 1 N–H and O–H groups in total. The zero-order chi connectivity index (χ0) is 12.0. The van der Waals surface area contributed by atoms with E-state index in [-0.39, 0.29) is 0 Å². The van der Waals surface area contributed by atoms with Gasteiger partial charge in [0.1, 0.15) is 5.76 Å². The Hall–Kier alpha value is -0.800. The van der Waals surface area contributed by atoms with Crippen molar-refractivity contribution in [3.8, 4) is 0 Å². The highest BCUT2D eigenvalue weighted by molar-refractivity contribution is 5.02. The normalized spacial score (nSPS) is 13.6. The third-order valence-electron chi connectivity index (χ3n) is 2.59. The van der Waals surface area contributed by atoms with Crippen LogP contribution >= 0.6 is 0 Å². The predicted molar refractivity (Wildman–Crippen MR) is 67.5 cm³/mol. The zero-order valence-electron chi connectivity index (χ0n) is 10.9. The van der Waals surface area contributed by atoms with Gasteiger partial charge < -0.3 is 14.6 Å². The van der Waals surface area contributed by atoms with Gasteiger partial charge in [-0.05, 0) is 32.0 Å². The minimum Gasteiger partial charge on any atom is -0.468 e. The first-order valence-corrected chi connectivity index (χ1v) is 6.05. The number of likely N-dealkylation sites (N-methyl/N-ethyl adjacent to an activating group) is 1. The molecule has 1 heterocycles. The summed E-state index contributed by atoms with van der Waals surface area (Å²) < 4.78 is 5.34. The summed E-state index contributed by atoms with van der Waals surface area (Å²) in [5, 5.41) is 3.45. The largest absolute Gasteiger partial charge is 0.468 e. The Morgan fingerprint density at radius 3 is 2.69 bits per heavy atom. The maximum atomic E-state index is 5.34. The van der Waals surface area contributed by atoms with E-state index in [0.717, 1.165) is 31.3 Å². The van der Waals surface area contributed by atoms with Crippen molar-refractivity contribution < 1.29 is 4.42 Å². The lowest BCUT2D eigenvalue weighted by Crippen LogP contribution is -2.32. The van der Waals surface area contributed by atoms with E-state index in [9.17, 15) is 0 Å². The van der Waals surface area contributed by atoms with Gasteiger partial charge in [0.2, 0.25) is 0 Å². The summed E-state index contributed by atoms with van der Waals surface area (Å²) in [6.45, 7) is 9.83. The van der Waals surface area contributed by atoms with Crippen LogP contribution in [0.5, 0.6) is 0 Å². The first-order chi connectivity index (χ1) is 7.59. The van der Waals surface area contributed by atoms with E-state index >= 15 is 0 Å². The van der Waals surface area contributed by atoms with Crippen molar-refractivity contribution >= 4 is 0 Å². The third-order valence-corrected chi connectivity index (χ3v) is 2.59. The van der Waals surface area contributed by atoms with E-state index in [2.05, 4.69) is 38.0 Å². The van der Waals surface area contributed by atoms with Crippen LogP contribution in [0.15, 0.2) is 22.8 Å². The van der Waals surface area contributed by atoms with Crippen LogP contribution in [0.2, 0.25) is 0 Å². The standard InChI is InChI=1S/C13H24N2O/c1-11(2)10-15(4)8-7-14-12(3)13-6-5-9-16-13/h5-6,9,11-12,14H,7-8,10H2,1-4H3. The van der Waals surface area contributed by atoms with E-state index < -0.39 is 0 Å². The van der Waals surface area contributed by atoms with Crippen LogP contribution in [-0.2, 0) is 0 Å². The van der Waals surface area contributed by atoms with Crippen molar-refractivity contribution in [2.75, 3.05) is 26.7 Å². The number of nitrogens with one attached hydrogen (secondary N) is 1. The van der Waals surface area contributed by atoms with Gasteiger partial charge in [-0.1, -0.05) is 13.8 Å². The van der Waals surface area contributed by atoms with Crippen LogP contribution in [0.1, 0.15) is 32.6 Å². The van der Waals surface area contributed by atoms with Gasteiger partial charge in [0, 0.05) is 19.6 Å². The molecule has 3 heteroatoms. The lowest BCUT2D eigenvalue weighted by atomic mass is 10.2. The lowest BCUT2D eigenvalue weighted by molar-refractivity contribution is 0.287. The molecular formula is C13H24N2O. The van der Waals surface area contributed by atoms with Crippen molar-refractivity contribution in [1.82, 2.24) is 10.2 Å². The highest BCUT2D eigenvalue weighted by atomic mass is 16.3. The lowest BCUT2D eigenvalue weighted by Gasteiger charge is -2.20. The van der Waals surface area contributed by atoms with Crippen LogP contribution in [0.3, 0.4) is 0 Å². The quantitative estimate of drug-likeness (QED) is 0.771. The molecule has 0 radical (unpaired) electrons. The minimum atomic E-state index is 0.294. The smallest absolute Gasteiger partial charge is 0.120 e. The van der Waals surface area contributed by atoms with Gasteiger partial charge in [0.25, 0.3) is 0 Å². The van der Waals surface area contributed by atoms with Crippen molar-refractivity contribution in [2.24, 2.45) is 5.92 Å². The van der Waals surface area contributed by atoms with Crippen molar-refractivity contribution in [3.05, 3.63) is 24.2 Å². The molecule has 0 aliphatic carbocycles. The molecule has 16 heavy (non-hydrogen) atoms. The van der Waals surface area contributed by atoms with Crippen LogP contribution in [0.25, 0.3) is 0 Å². The summed E-state index contributed by atoms with van der Waals surface area (Å²) in [6.07, 6.45) is 1.72. The molecule has 1 atom stereocenters. The molecule has 0 spiro atoms. The summed E-state index contributed by atoms with van der Waals surface area (Å²) in [5.41, 5.74) is 0. The maximum absolute atomic E-state index is 5.34. The fourth-order valence-corrected chi connectivity index (χ4v) is 1.82. The SMILES string of the molecule is CC(C)CN(C)CCNC(C)c1ccco1. The summed E-state index contributed by atoms with van der Waals surface area (Å²) in [4.78, 5) is 2.35. The molecule has 0 aliphatic rings. The first-order valence-electron chi connectivity index (χ1n) is 6.05. The maximum Gasteiger partial charge on any atom is 0.120 e. The number of rotatable bonds is 7. The summed E-state index contributed by atoms with van der Waals surface area (Å²) in [6, 6.07) is 4.23. The Morgan fingerprint density at radius 1 is 1.38 bits per heavy atom. The number of hydrogen-bond acceptors (Lipinski definition) is 3. The van der Waals surface area contributed by atoms with Crippen molar-refractivity contribution in [3.63, 3.8) is 0 Å². The molecule has 1 unspecified atom stereocenters. The monoisotopic (exact) mass is 224 g/mol. The number of nitrogens with zero attached hydrogens (tertiary/aromatic N) is 1. The molecule has 0 aliphatic heterocycles. The second kappa shape index (κ2) is 6.71. The Bertz CT molecular complexity index is 269. The molecule has 92 valence electrons. The van der Waals surface area contributed by atoms with Gasteiger partial charge in [-0.25, -0.2) is 0 Å². The van der Waals surface area contributed by atoms with Crippen molar-refractivity contribution in [2.45, 2.75) is 26.8 Å². The second-order valence-electron chi connectivity index (χ2n) is 4.85. The summed E-state index contributed by atoms with van der Waals surface area (Å²) in [7, 11) is 2.17. The van der Waals surface area contributed by atoms with Gasteiger partial charge >= 0.3 is 0 Å². The summed E-state index contributed by atoms with van der Waals surface area (Å²) in [5.74, 6) is 1.74. The van der Waals surface area contributed by atoms with Gasteiger partial charge in [0.15, 0.2) is 0 Å². The number of hydrogen-bond donors (Lipinski definition) is 1. The Morgan fingerprint density at radius 2 is 2.12 bits per heavy atom. The Balaban J connectivity index is 2.15. The molecule has 0 amide bonds. The zero-order valence-corrected chi connectivity index (χ0v) is 10.9. The van der Waals surface area contributed by atoms with E-state index in [1.807, 2.05) is 12.1 Å². The second-order valence-corrected chi connectivity index (χ2v) is 4.85. The molecule has 1 rings (SSSR count). The molecule has 0 aromatic carbocycles. The molecular weight excluding hydrogens is 200 g/mol. The van der Waals surface area contributed by atoms with Crippen LogP contribution in [0.4, 0.5) is 0 Å². The topological polar surface area (TPSA) is 28.4 Å². The van der Waals surface area contributed by atoms with Gasteiger partial charge in [-0.3, -0.25) is 0 Å². The Kier molecular flexibility index (Phi) is 5.56. The first kappa shape index (κ1) is 13.3. The van der Waals surface area contributed by atoms with Crippen LogP contribution < -0.4 is 5.32 Å². The molecule has 3 nitrogen and oxygen atoms in total. The molecule has 0 bridgehead atoms. The highest BCUT2D eigenvalue weighted by Gasteiger charge is 2.07. The molecule has 1 aromatic rings. The Labute approximate surface area is 98.8 Å². The highest BCUT2D eigenvalue weighted by Crippen LogP contribution is 2.11. The van der Waals surface area contributed by atoms with Gasteiger partial charge in [0.05, 0.1) is 12.3 Å². The van der Waals surface area contributed by atoms with Crippen LogP contribution in [0, 0.1) is 5.92 Å². The molecule has 1 aromatic heterocycles. The van der Waals surface area contributed by atoms with E-state index in [4.69, 9.17) is 4.42 Å². The average Bonchev–Trinajstić information content (AvgIpc) is 2.68. The summed E-state index contributed by atoms with van der Waals surface area (Å²) >= 11 is 0. The molecule has 0 fully saturated rings. The van der Waals surface area contributed by atoms with Crippen molar-refractivity contribution in [1.29, 1.82) is 0 Å². The van der Waals surface area contributed by atoms with E-state index in [1.54, 1.807) is 6.26 Å². The molecule has 0 saturated carbocycles. The third kappa shape index (κ3) is 4.81. The van der Waals surface area contributed by atoms with Crippen LogP contribution in [-0.4, -0.2) is 31.6 Å². The average molecular weight is 224 g/mol. The van der Waals surface area contributed by atoms with E-state index in [1.165, 1.54) is 0 Å². The van der Waals surface area contributed by atoms with Gasteiger partial charge in [-0.15, -0.1) is 0 Å². The fourth-order valence-electron chi connectivity index (χ4n) is 1.82. The minimum absolute atomic E-state index is 0.294. The van der Waals surface area contributed by atoms with Gasteiger partial charge in [-0.2, -0.15) is 0 Å². The number of furan rings is 1. The predicted octanol–water partition coefficient (Wildman–Crippen LogP) is 2.52.